The first-order valence-corrected chi connectivity index (χ1v) is 7.05. The maximum atomic E-state index is 11.9. The number of aliphatic imine (C=N–C) groups is 1. The summed E-state index contributed by atoms with van der Waals surface area (Å²) in [5.41, 5.74) is -0.365. The normalized spacial score (nSPS) is 12.9. The molecule has 7 heteroatoms. The Morgan fingerprint density at radius 1 is 1.62 bits per heavy atom. The predicted molar refractivity (Wildman–Crippen MR) is 82.6 cm³/mol. The Kier molecular flexibility index (Phi) is 4.74. The first-order chi connectivity index (χ1) is 10.0. The quantitative estimate of drug-likeness (QED) is 0.657. The highest BCUT2D eigenvalue weighted by atomic mass is 32.1. The highest BCUT2D eigenvalue weighted by Gasteiger charge is 2.14. The Morgan fingerprint density at radius 3 is 3.00 bits per heavy atom. The van der Waals surface area contributed by atoms with Crippen LogP contribution in [-0.2, 0) is 6.54 Å². The van der Waals surface area contributed by atoms with E-state index in [1.807, 2.05) is 13.8 Å². The van der Waals surface area contributed by atoms with Crippen LogP contribution in [0.1, 0.15) is 37.6 Å². The van der Waals surface area contributed by atoms with Crippen molar-refractivity contribution in [2.45, 2.75) is 32.9 Å². The molecule has 21 heavy (non-hydrogen) atoms. The number of H-pyrrole nitrogens is 1. The smallest absolute Gasteiger partial charge is 0.264 e. The van der Waals surface area contributed by atoms with Crippen molar-refractivity contribution in [3.63, 3.8) is 0 Å². The number of aromatic amines is 1. The van der Waals surface area contributed by atoms with Gasteiger partial charge >= 0.3 is 0 Å². The highest BCUT2D eigenvalue weighted by Crippen LogP contribution is 2.20. The number of nitrogens with one attached hydrogen (secondary N) is 1. The molecule has 112 valence electrons. The van der Waals surface area contributed by atoms with Crippen LogP contribution in [0.15, 0.2) is 32.6 Å². The van der Waals surface area contributed by atoms with Crippen molar-refractivity contribution in [2.75, 3.05) is 0 Å². The number of furan rings is 1. The predicted octanol–water partition coefficient (Wildman–Crippen LogP) is 2.79. The maximum Gasteiger partial charge on any atom is 0.264 e. The van der Waals surface area contributed by atoms with Gasteiger partial charge in [0.15, 0.2) is 4.77 Å². The molecule has 0 bridgehead atoms. The molecule has 0 unspecified atom stereocenters. The van der Waals surface area contributed by atoms with Crippen LogP contribution in [-0.4, -0.2) is 20.9 Å². The van der Waals surface area contributed by atoms with Crippen LogP contribution < -0.4 is 5.56 Å². The third-order valence-electron chi connectivity index (χ3n) is 3.23. The lowest BCUT2D eigenvalue weighted by molar-refractivity contribution is 0.371. The summed E-state index contributed by atoms with van der Waals surface area (Å²) in [5, 5.41) is 10.3. The highest BCUT2D eigenvalue weighted by molar-refractivity contribution is 7.71. The molecule has 0 aliphatic heterocycles. The van der Waals surface area contributed by atoms with Gasteiger partial charge in [-0.1, -0.05) is 6.92 Å². The van der Waals surface area contributed by atoms with Crippen LogP contribution in [0.4, 0.5) is 0 Å². The number of aromatic nitrogens is 2. The van der Waals surface area contributed by atoms with Gasteiger partial charge in [0.1, 0.15) is 11.3 Å². The minimum Gasteiger partial charge on any atom is -0.494 e. The molecule has 0 aliphatic rings. The van der Waals surface area contributed by atoms with Gasteiger partial charge in [-0.05, 0) is 37.7 Å². The van der Waals surface area contributed by atoms with E-state index in [1.165, 1.54) is 10.8 Å². The van der Waals surface area contributed by atoms with E-state index >= 15 is 0 Å². The fourth-order valence-corrected chi connectivity index (χ4v) is 2.25. The Morgan fingerprint density at radius 2 is 2.38 bits per heavy atom. The zero-order valence-corrected chi connectivity index (χ0v) is 12.7. The molecule has 2 aromatic heterocycles. The standard InChI is InChI=1S/C14H17N3O3S/c1-3-9(2)17-13(19)11(12(18)16-14(17)21)8-15-7-10-5-4-6-20-10/h4-6,8-9,19H,3,7H2,1-2H3,(H,16,18,21)/t9-/m1/s1. The van der Waals surface area contributed by atoms with Crippen LogP contribution in [0.5, 0.6) is 5.88 Å². The summed E-state index contributed by atoms with van der Waals surface area (Å²) >= 11 is 5.09. The fourth-order valence-electron chi connectivity index (χ4n) is 1.89. The molecule has 2 aromatic rings. The lowest BCUT2D eigenvalue weighted by atomic mass is 10.2. The van der Waals surface area contributed by atoms with Gasteiger partial charge in [0.2, 0.25) is 5.88 Å². The molecular weight excluding hydrogens is 290 g/mol. The lowest BCUT2D eigenvalue weighted by Crippen LogP contribution is -2.20. The molecule has 0 spiro atoms. The Bertz CT molecular complexity index is 744. The average Bonchev–Trinajstić information content (AvgIpc) is 2.95. The first-order valence-electron chi connectivity index (χ1n) is 6.64. The van der Waals surface area contributed by atoms with Crippen LogP contribution in [0.25, 0.3) is 0 Å². The summed E-state index contributed by atoms with van der Waals surface area (Å²) in [4.78, 5) is 18.6. The van der Waals surface area contributed by atoms with E-state index in [4.69, 9.17) is 16.6 Å². The van der Waals surface area contributed by atoms with Crippen LogP contribution in [0, 0.1) is 4.77 Å². The Hall–Kier alpha value is -2.15. The van der Waals surface area contributed by atoms with E-state index in [9.17, 15) is 9.90 Å². The number of nitrogens with zero attached hydrogens (tertiary/aromatic N) is 2. The summed E-state index contributed by atoms with van der Waals surface area (Å²) < 4.78 is 6.87. The molecule has 0 aromatic carbocycles. The summed E-state index contributed by atoms with van der Waals surface area (Å²) in [6.45, 7) is 4.18. The summed E-state index contributed by atoms with van der Waals surface area (Å²) in [6.07, 6.45) is 3.67. The van der Waals surface area contributed by atoms with Crippen molar-refractivity contribution in [1.29, 1.82) is 0 Å². The SMILES string of the molecule is CC[C@@H](C)n1c(O)c(C=NCc2ccco2)c(=O)[nH]c1=S. The van der Waals surface area contributed by atoms with Gasteiger partial charge in [-0.25, -0.2) is 0 Å². The molecule has 6 nitrogen and oxygen atoms in total. The van der Waals surface area contributed by atoms with Gasteiger partial charge in [-0.2, -0.15) is 0 Å². The van der Waals surface area contributed by atoms with Crippen molar-refractivity contribution in [3.8, 4) is 5.88 Å². The molecular formula is C14H17N3O3S. The molecule has 0 fully saturated rings. The molecule has 0 aliphatic carbocycles. The zero-order chi connectivity index (χ0) is 15.4. The molecule has 1 atom stereocenters. The minimum atomic E-state index is -0.458. The van der Waals surface area contributed by atoms with E-state index in [2.05, 4.69) is 9.98 Å². The monoisotopic (exact) mass is 307 g/mol. The number of rotatable bonds is 5. The number of hydrogen-bond donors (Lipinski definition) is 2. The molecule has 0 saturated carbocycles. The second kappa shape index (κ2) is 6.53. The molecule has 2 rings (SSSR count). The Balaban J connectivity index is 2.37. The van der Waals surface area contributed by atoms with Crippen LogP contribution in [0.2, 0.25) is 0 Å². The van der Waals surface area contributed by atoms with Crippen molar-refractivity contribution in [3.05, 3.63) is 44.8 Å². The molecule has 0 amide bonds. The average molecular weight is 307 g/mol. The number of hydrogen-bond acceptors (Lipinski definition) is 5. The van der Waals surface area contributed by atoms with Gasteiger partial charge in [-0.3, -0.25) is 19.3 Å². The molecule has 2 heterocycles. The van der Waals surface area contributed by atoms with Gasteiger partial charge in [0.05, 0.1) is 12.8 Å². The van der Waals surface area contributed by atoms with E-state index in [1.54, 1.807) is 18.4 Å². The second-order valence-electron chi connectivity index (χ2n) is 4.67. The largest absolute Gasteiger partial charge is 0.494 e. The van der Waals surface area contributed by atoms with Crippen molar-refractivity contribution in [2.24, 2.45) is 4.99 Å². The van der Waals surface area contributed by atoms with Crippen molar-refractivity contribution < 1.29 is 9.52 Å². The van der Waals surface area contributed by atoms with Crippen LogP contribution in [0.3, 0.4) is 0 Å². The maximum absolute atomic E-state index is 11.9. The minimum absolute atomic E-state index is 0.0217. The number of aromatic hydroxyl groups is 1. The van der Waals surface area contributed by atoms with E-state index in [-0.39, 0.29) is 22.3 Å². The fraction of sp³-hybridized carbons (Fsp3) is 0.357. The summed E-state index contributed by atoms with van der Waals surface area (Å²) in [6, 6.07) is 3.53. The van der Waals surface area contributed by atoms with Gasteiger partial charge < -0.3 is 9.52 Å². The third-order valence-corrected chi connectivity index (χ3v) is 3.53. The topological polar surface area (TPSA) is 83.5 Å². The van der Waals surface area contributed by atoms with Gasteiger partial charge in [-0.15, -0.1) is 0 Å². The van der Waals surface area contributed by atoms with E-state index in [0.29, 0.717) is 12.3 Å². The van der Waals surface area contributed by atoms with E-state index < -0.39 is 5.56 Å². The third kappa shape index (κ3) is 3.30. The summed E-state index contributed by atoms with van der Waals surface area (Å²) in [7, 11) is 0. The van der Waals surface area contributed by atoms with Gasteiger partial charge in [0, 0.05) is 12.3 Å². The van der Waals surface area contributed by atoms with E-state index in [0.717, 1.165) is 6.42 Å². The molecule has 0 saturated heterocycles. The summed E-state index contributed by atoms with van der Waals surface area (Å²) in [5.74, 6) is 0.512. The Labute approximate surface area is 126 Å². The van der Waals surface area contributed by atoms with Gasteiger partial charge in [0.25, 0.3) is 5.56 Å². The van der Waals surface area contributed by atoms with Crippen molar-refractivity contribution in [1.82, 2.24) is 9.55 Å². The lowest BCUT2D eigenvalue weighted by Gasteiger charge is -2.16. The zero-order valence-electron chi connectivity index (χ0n) is 11.9. The molecule has 2 N–H and O–H groups in total. The van der Waals surface area contributed by atoms with Crippen LogP contribution >= 0.6 is 12.2 Å². The first kappa shape index (κ1) is 15.2. The van der Waals surface area contributed by atoms with Crippen molar-refractivity contribution >= 4 is 18.4 Å². The second-order valence-corrected chi connectivity index (χ2v) is 5.06. The molecule has 0 radical (unpaired) electrons.